The molecule has 0 saturated heterocycles. The topological polar surface area (TPSA) is 32.3 Å². The minimum atomic E-state index is -0.445. The van der Waals surface area contributed by atoms with E-state index in [-0.39, 0.29) is 6.03 Å². The summed E-state index contributed by atoms with van der Waals surface area (Å²) in [5.74, 6) is 0. The van der Waals surface area contributed by atoms with Gasteiger partial charge in [0, 0.05) is 13.1 Å². The molecule has 3 rings (SSSR count). The number of carbonyl (C=O) groups is 1. The first kappa shape index (κ1) is 17.3. The van der Waals surface area contributed by atoms with Crippen molar-refractivity contribution in [1.29, 1.82) is 0 Å². The Kier molecular flexibility index (Phi) is 4.67. The summed E-state index contributed by atoms with van der Waals surface area (Å²) >= 11 is 0. The first-order valence-corrected chi connectivity index (χ1v) is 8.77. The molecule has 0 aromatic heterocycles. The van der Waals surface area contributed by atoms with Gasteiger partial charge in [0.05, 0.1) is 5.54 Å². The molecule has 1 heterocycles. The zero-order chi connectivity index (χ0) is 18.0. The summed E-state index contributed by atoms with van der Waals surface area (Å²) in [6.45, 7) is 11.5. The van der Waals surface area contributed by atoms with Gasteiger partial charge in [0.1, 0.15) is 0 Å². The lowest BCUT2D eigenvalue weighted by molar-refractivity contribution is 0.181. The van der Waals surface area contributed by atoms with Crippen molar-refractivity contribution in [3.63, 3.8) is 0 Å². The van der Waals surface area contributed by atoms with Gasteiger partial charge in [0.25, 0.3) is 0 Å². The van der Waals surface area contributed by atoms with E-state index in [2.05, 4.69) is 42.2 Å². The molecular weight excluding hydrogens is 308 g/mol. The highest BCUT2D eigenvalue weighted by molar-refractivity contribution is 5.76. The van der Waals surface area contributed by atoms with Crippen LogP contribution in [0, 0.1) is 0 Å². The van der Waals surface area contributed by atoms with Crippen LogP contribution < -0.4 is 5.32 Å². The van der Waals surface area contributed by atoms with Gasteiger partial charge in [-0.05, 0) is 55.5 Å². The molecule has 1 aliphatic rings. The van der Waals surface area contributed by atoms with Crippen LogP contribution in [0.1, 0.15) is 43.0 Å². The summed E-state index contributed by atoms with van der Waals surface area (Å²) in [5, 5.41) is 3.20. The monoisotopic (exact) mass is 334 g/mol. The lowest BCUT2D eigenvalue weighted by atomic mass is 9.91. The maximum absolute atomic E-state index is 12.8. The second kappa shape index (κ2) is 6.75. The molecule has 0 radical (unpaired) electrons. The zero-order valence-electron chi connectivity index (χ0n) is 15.3. The fourth-order valence-corrected chi connectivity index (χ4v) is 3.26. The van der Waals surface area contributed by atoms with Gasteiger partial charge < -0.3 is 10.2 Å². The Morgan fingerprint density at radius 3 is 2.56 bits per heavy atom. The van der Waals surface area contributed by atoms with Gasteiger partial charge in [-0.25, -0.2) is 4.79 Å². The standard InChI is InChI=1S/C22H26N2O/c1-16(2)18-10-7-11-20(14-18)22(3,4)23-21(25)24-13-12-17-8-5-6-9-19(17)15-24/h5-11,14H,1,12-13,15H2,2-4H3,(H,23,25). The van der Waals surface area contributed by atoms with Crippen molar-refractivity contribution in [3.8, 4) is 0 Å². The molecule has 0 spiro atoms. The number of amides is 2. The average Bonchev–Trinajstić information content (AvgIpc) is 2.61. The molecule has 2 amide bonds. The normalized spacial score (nSPS) is 14.0. The van der Waals surface area contributed by atoms with Crippen LogP contribution in [0.4, 0.5) is 4.79 Å². The summed E-state index contributed by atoms with van der Waals surface area (Å²) in [4.78, 5) is 14.7. The zero-order valence-corrected chi connectivity index (χ0v) is 15.3. The van der Waals surface area contributed by atoms with Gasteiger partial charge in [-0.1, -0.05) is 54.6 Å². The quantitative estimate of drug-likeness (QED) is 0.865. The molecule has 25 heavy (non-hydrogen) atoms. The third-order valence-corrected chi connectivity index (χ3v) is 4.91. The Morgan fingerprint density at radius 2 is 1.84 bits per heavy atom. The molecular formula is C22H26N2O. The number of nitrogens with one attached hydrogen (secondary N) is 1. The van der Waals surface area contributed by atoms with Crippen molar-refractivity contribution in [3.05, 3.63) is 77.4 Å². The number of hydrogen-bond acceptors (Lipinski definition) is 1. The van der Waals surface area contributed by atoms with Crippen LogP contribution in [0.15, 0.2) is 55.1 Å². The van der Waals surface area contributed by atoms with Gasteiger partial charge in [0.2, 0.25) is 0 Å². The van der Waals surface area contributed by atoms with Crippen LogP contribution in [-0.4, -0.2) is 17.5 Å². The average molecular weight is 334 g/mol. The van der Waals surface area contributed by atoms with E-state index in [0.29, 0.717) is 6.54 Å². The summed E-state index contributed by atoms with van der Waals surface area (Å²) < 4.78 is 0. The molecule has 130 valence electrons. The predicted octanol–water partition coefficient (Wildman–Crippen LogP) is 4.72. The molecule has 3 nitrogen and oxygen atoms in total. The molecule has 0 saturated carbocycles. The Labute approximate surface area is 150 Å². The van der Waals surface area contributed by atoms with Crippen LogP contribution in [0.25, 0.3) is 5.57 Å². The molecule has 0 aliphatic carbocycles. The minimum absolute atomic E-state index is 0.0137. The Morgan fingerprint density at radius 1 is 1.12 bits per heavy atom. The third kappa shape index (κ3) is 3.76. The van der Waals surface area contributed by atoms with E-state index in [1.54, 1.807) is 0 Å². The number of benzene rings is 2. The number of allylic oxidation sites excluding steroid dienone is 1. The summed E-state index contributed by atoms with van der Waals surface area (Å²) in [7, 11) is 0. The van der Waals surface area contributed by atoms with E-state index in [0.717, 1.165) is 29.7 Å². The number of nitrogens with zero attached hydrogens (tertiary/aromatic N) is 1. The van der Waals surface area contributed by atoms with Gasteiger partial charge in [-0.3, -0.25) is 0 Å². The Balaban J connectivity index is 1.74. The molecule has 0 unspecified atom stereocenters. The minimum Gasteiger partial charge on any atom is -0.329 e. The van der Waals surface area contributed by atoms with Gasteiger partial charge in [-0.15, -0.1) is 0 Å². The SMILES string of the molecule is C=C(C)c1cccc(C(C)(C)NC(=O)N2CCc3ccccc3C2)c1. The van der Waals surface area contributed by atoms with Crippen molar-refractivity contribution >= 4 is 11.6 Å². The number of fused-ring (bicyclic) bond motifs is 1. The molecule has 2 aromatic rings. The molecule has 1 aliphatic heterocycles. The van der Waals surface area contributed by atoms with E-state index in [1.807, 2.05) is 43.9 Å². The van der Waals surface area contributed by atoms with E-state index in [9.17, 15) is 4.79 Å². The number of carbonyl (C=O) groups excluding carboxylic acids is 1. The smallest absolute Gasteiger partial charge is 0.318 e. The lowest BCUT2D eigenvalue weighted by Gasteiger charge is -2.34. The molecule has 3 heteroatoms. The highest BCUT2D eigenvalue weighted by atomic mass is 16.2. The van der Waals surface area contributed by atoms with E-state index in [4.69, 9.17) is 0 Å². The van der Waals surface area contributed by atoms with E-state index < -0.39 is 5.54 Å². The summed E-state index contributed by atoms with van der Waals surface area (Å²) in [6, 6.07) is 16.6. The van der Waals surface area contributed by atoms with E-state index >= 15 is 0 Å². The molecule has 0 atom stereocenters. The summed E-state index contributed by atoms with van der Waals surface area (Å²) in [5.41, 5.74) is 5.35. The van der Waals surface area contributed by atoms with E-state index in [1.165, 1.54) is 11.1 Å². The highest BCUT2D eigenvalue weighted by Crippen LogP contribution is 2.25. The van der Waals surface area contributed by atoms with Crippen molar-refractivity contribution in [2.24, 2.45) is 0 Å². The van der Waals surface area contributed by atoms with Gasteiger partial charge in [0.15, 0.2) is 0 Å². The lowest BCUT2D eigenvalue weighted by Crippen LogP contribution is -2.49. The van der Waals surface area contributed by atoms with Crippen molar-refractivity contribution < 1.29 is 4.79 Å². The van der Waals surface area contributed by atoms with Crippen LogP contribution in [0.5, 0.6) is 0 Å². The fraction of sp³-hybridized carbons (Fsp3) is 0.318. The van der Waals surface area contributed by atoms with Crippen molar-refractivity contribution in [2.45, 2.75) is 39.3 Å². The Hall–Kier alpha value is -2.55. The van der Waals surface area contributed by atoms with Crippen LogP contribution >= 0.6 is 0 Å². The fourth-order valence-electron chi connectivity index (χ4n) is 3.26. The predicted molar refractivity (Wildman–Crippen MR) is 103 cm³/mol. The first-order chi connectivity index (χ1) is 11.9. The van der Waals surface area contributed by atoms with Gasteiger partial charge in [-0.2, -0.15) is 0 Å². The molecule has 2 aromatic carbocycles. The third-order valence-electron chi connectivity index (χ3n) is 4.91. The Bertz CT molecular complexity index is 807. The number of urea groups is 1. The van der Waals surface area contributed by atoms with Crippen LogP contribution in [0.3, 0.4) is 0 Å². The number of hydrogen-bond donors (Lipinski definition) is 1. The molecule has 0 bridgehead atoms. The maximum atomic E-state index is 12.8. The van der Waals surface area contributed by atoms with Gasteiger partial charge >= 0.3 is 6.03 Å². The highest BCUT2D eigenvalue weighted by Gasteiger charge is 2.27. The van der Waals surface area contributed by atoms with Crippen LogP contribution in [-0.2, 0) is 18.5 Å². The second-order valence-corrected chi connectivity index (χ2v) is 7.36. The second-order valence-electron chi connectivity index (χ2n) is 7.36. The van der Waals surface area contributed by atoms with Crippen molar-refractivity contribution in [2.75, 3.05) is 6.54 Å². The number of rotatable bonds is 3. The van der Waals surface area contributed by atoms with Crippen LogP contribution in [0.2, 0.25) is 0 Å². The largest absolute Gasteiger partial charge is 0.329 e. The molecule has 0 fully saturated rings. The summed E-state index contributed by atoms with van der Waals surface area (Å²) in [6.07, 6.45) is 0.912. The van der Waals surface area contributed by atoms with Crippen molar-refractivity contribution in [1.82, 2.24) is 10.2 Å². The first-order valence-electron chi connectivity index (χ1n) is 8.77. The molecule has 1 N–H and O–H groups in total. The maximum Gasteiger partial charge on any atom is 0.318 e.